The van der Waals surface area contributed by atoms with E-state index in [4.69, 9.17) is 4.74 Å². The molecule has 0 saturated heterocycles. The van der Waals surface area contributed by atoms with Crippen LogP contribution < -0.4 is 10.3 Å². The highest BCUT2D eigenvalue weighted by molar-refractivity contribution is 5.78. The number of methoxy groups -OCH3 is 1. The Morgan fingerprint density at radius 3 is 2.67 bits per heavy atom. The third-order valence-electron chi connectivity index (χ3n) is 2.53. The number of carbonyl (C=O) groups is 1. The molecule has 1 aromatic carbocycles. The molecule has 0 N–H and O–H groups in total. The molecule has 0 aliphatic heterocycles. The molecule has 2 rings (SSSR count). The normalized spacial score (nSPS) is 10.1. The van der Waals surface area contributed by atoms with E-state index in [-0.39, 0.29) is 11.3 Å². The molecule has 0 radical (unpaired) electrons. The molecule has 0 saturated carbocycles. The molecule has 0 amide bonds. The van der Waals surface area contributed by atoms with Crippen molar-refractivity contribution >= 4 is 6.29 Å². The average Bonchev–Trinajstić information content (AvgIpc) is 2.42. The smallest absolute Gasteiger partial charge is 0.310 e. The van der Waals surface area contributed by atoms with Crippen LogP contribution >= 0.6 is 0 Å². The highest BCUT2D eigenvalue weighted by Gasteiger charge is 2.11. The van der Waals surface area contributed by atoms with Crippen LogP contribution in [0.15, 0.2) is 41.3 Å². The Hall–Kier alpha value is -2.43. The van der Waals surface area contributed by atoms with Gasteiger partial charge in [-0.1, -0.05) is 30.3 Å². The highest BCUT2D eigenvalue weighted by atomic mass is 16.5. The second kappa shape index (κ2) is 5.27. The number of carbonyl (C=O) groups excluding carboxylic acids is 1. The lowest BCUT2D eigenvalue weighted by molar-refractivity contribution is 0.111. The van der Waals surface area contributed by atoms with Crippen molar-refractivity contribution in [2.75, 3.05) is 7.11 Å². The Balaban J connectivity index is 2.41. The minimum Gasteiger partial charge on any atom is -0.490 e. The Kier molecular flexibility index (Phi) is 3.52. The van der Waals surface area contributed by atoms with Gasteiger partial charge in [-0.2, -0.15) is 5.10 Å². The Bertz CT molecular complexity index is 605. The lowest BCUT2D eigenvalue weighted by Crippen LogP contribution is -2.25. The first-order valence-electron chi connectivity index (χ1n) is 5.39. The van der Waals surface area contributed by atoms with E-state index >= 15 is 0 Å². The van der Waals surface area contributed by atoms with E-state index in [1.807, 2.05) is 30.3 Å². The molecule has 0 unspecified atom stereocenters. The van der Waals surface area contributed by atoms with Gasteiger partial charge in [0.15, 0.2) is 12.0 Å². The van der Waals surface area contributed by atoms with E-state index in [9.17, 15) is 9.59 Å². The summed E-state index contributed by atoms with van der Waals surface area (Å²) in [7, 11) is 1.36. The lowest BCUT2D eigenvalue weighted by Gasteiger charge is -2.07. The zero-order valence-electron chi connectivity index (χ0n) is 9.87. The second-order valence-electron chi connectivity index (χ2n) is 3.70. The summed E-state index contributed by atoms with van der Waals surface area (Å²) in [4.78, 5) is 22.7. The summed E-state index contributed by atoms with van der Waals surface area (Å²) in [6, 6.07) is 9.47. The van der Waals surface area contributed by atoms with Crippen LogP contribution in [0.2, 0.25) is 0 Å². The van der Waals surface area contributed by atoms with Crippen molar-refractivity contribution in [1.29, 1.82) is 0 Å². The van der Waals surface area contributed by atoms with Crippen molar-refractivity contribution in [3.63, 3.8) is 0 Å². The number of hydrogen-bond acceptors (Lipinski definition) is 4. The second-order valence-corrected chi connectivity index (χ2v) is 3.70. The molecule has 0 atom stereocenters. The number of hydrogen-bond donors (Lipinski definition) is 0. The predicted octanol–water partition coefficient (Wildman–Crippen LogP) is 1.11. The quantitative estimate of drug-likeness (QED) is 0.756. The number of aldehydes is 1. The van der Waals surface area contributed by atoms with Crippen LogP contribution in [-0.2, 0) is 6.54 Å². The number of benzene rings is 1. The minimum absolute atomic E-state index is 0.0240. The fraction of sp³-hybridized carbons (Fsp3) is 0.154. The largest absolute Gasteiger partial charge is 0.490 e. The molecular formula is C13H12N2O3. The third-order valence-corrected chi connectivity index (χ3v) is 2.53. The highest BCUT2D eigenvalue weighted by Crippen LogP contribution is 2.08. The van der Waals surface area contributed by atoms with Crippen molar-refractivity contribution in [2.24, 2.45) is 0 Å². The Labute approximate surface area is 104 Å². The number of aromatic nitrogens is 2. The van der Waals surface area contributed by atoms with Crippen molar-refractivity contribution in [1.82, 2.24) is 9.78 Å². The molecule has 0 fully saturated rings. The zero-order valence-corrected chi connectivity index (χ0v) is 9.87. The summed E-state index contributed by atoms with van der Waals surface area (Å²) in [6.45, 7) is 0.342. The molecule has 0 aliphatic rings. The van der Waals surface area contributed by atoms with Gasteiger partial charge < -0.3 is 4.74 Å². The van der Waals surface area contributed by atoms with E-state index in [2.05, 4.69) is 5.10 Å². The van der Waals surface area contributed by atoms with Crippen LogP contribution in [0.25, 0.3) is 0 Å². The molecule has 2 aromatic rings. The minimum atomic E-state index is -0.411. The molecule has 18 heavy (non-hydrogen) atoms. The van der Waals surface area contributed by atoms with Gasteiger partial charge in [-0.25, -0.2) is 4.68 Å². The summed E-state index contributed by atoms with van der Waals surface area (Å²) in [5.74, 6) is 0.0240. The van der Waals surface area contributed by atoms with Gasteiger partial charge in [0.25, 0.3) is 0 Å². The molecule has 5 nitrogen and oxygen atoms in total. The summed E-state index contributed by atoms with van der Waals surface area (Å²) in [5.41, 5.74) is 0.700. The van der Waals surface area contributed by atoms with Crippen molar-refractivity contribution in [3.05, 3.63) is 58.0 Å². The molecule has 1 aromatic heterocycles. The van der Waals surface area contributed by atoms with Crippen LogP contribution in [-0.4, -0.2) is 23.2 Å². The molecule has 1 heterocycles. The maximum absolute atomic E-state index is 12.0. The molecule has 0 aliphatic carbocycles. The summed E-state index contributed by atoms with van der Waals surface area (Å²) >= 11 is 0. The first-order valence-corrected chi connectivity index (χ1v) is 5.39. The Morgan fingerprint density at radius 2 is 2.06 bits per heavy atom. The van der Waals surface area contributed by atoms with Gasteiger partial charge in [-0.3, -0.25) is 9.59 Å². The van der Waals surface area contributed by atoms with Crippen LogP contribution in [0.3, 0.4) is 0 Å². The molecule has 0 bridgehead atoms. The van der Waals surface area contributed by atoms with E-state index in [1.54, 1.807) is 0 Å². The van der Waals surface area contributed by atoms with Gasteiger partial charge in [0.05, 0.1) is 25.4 Å². The van der Waals surface area contributed by atoms with E-state index in [0.29, 0.717) is 12.8 Å². The molecule has 5 heteroatoms. The SMILES string of the molecule is COc1c(C=O)cnn(Cc2ccccc2)c1=O. The maximum atomic E-state index is 12.0. The van der Waals surface area contributed by atoms with Crippen molar-refractivity contribution < 1.29 is 9.53 Å². The van der Waals surface area contributed by atoms with Crippen LogP contribution in [0.1, 0.15) is 15.9 Å². The van der Waals surface area contributed by atoms with Gasteiger partial charge in [0.1, 0.15) is 0 Å². The fourth-order valence-corrected chi connectivity index (χ4v) is 1.64. The van der Waals surface area contributed by atoms with Gasteiger partial charge in [-0.15, -0.1) is 0 Å². The lowest BCUT2D eigenvalue weighted by atomic mass is 10.2. The standard InChI is InChI=1S/C13H12N2O3/c1-18-12-11(9-16)7-14-15(13(12)17)8-10-5-3-2-4-6-10/h2-7,9H,8H2,1H3. The molecular weight excluding hydrogens is 232 g/mol. The topological polar surface area (TPSA) is 61.2 Å². The first-order chi connectivity index (χ1) is 8.76. The number of rotatable bonds is 4. The maximum Gasteiger partial charge on any atom is 0.310 e. The van der Waals surface area contributed by atoms with E-state index < -0.39 is 5.56 Å². The van der Waals surface area contributed by atoms with E-state index in [0.717, 1.165) is 5.56 Å². The van der Waals surface area contributed by atoms with Crippen molar-refractivity contribution in [2.45, 2.75) is 6.54 Å². The number of ether oxygens (including phenoxy) is 1. The fourth-order valence-electron chi connectivity index (χ4n) is 1.64. The van der Waals surface area contributed by atoms with Gasteiger partial charge in [0, 0.05) is 0 Å². The predicted molar refractivity (Wildman–Crippen MR) is 66.0 cm³/mol. The van der Waals surface area contributed by atoms with Gasteiger partial charge >= 0.3 is 5.56 Å². The third kappa shape index (κ3) is 2.29. The average molecular weight is 244 g/mol. The summed E-state index contributed by atoms with van der Waals surface area (Å²) in [5, 5.41) is 3.95. The van der Waals surface area contributed by atoms with Gasteiger partial charge in [0.2, 0.25) is 0 Å². The van der Waals surface area contributed by atoms with E-state index in [1.165, 1.54) is 18.0 Å². The zero-order chi connectivity index (χ0) is 13.0. The van der Waals surface area contributed by atoms with Crippen LogP contribution in [0.4, 0.5) is 0 Å². The Morgan fingerprint density at radius 1 is 1.33 bits per heavy atom. The van der Waals surface area contributed by atoms with Gasteiger partial charge in [-0.05, 0) is 5.56 Å². The van der Waals surface area contributed by atoms with Crippen LogP contribution in [0, 0.1) is 0 Å². The number of nitrogens with zero attached hydrogens (tertiary/aromatic N) is 2. The van der Waals surface area contributed by atoms with Crippen molar-refractivity contribution in [3.8, 4) is 5.75 Å². The summed E-state index contributed by atoms with van der Waals surface area (Å²) < 4.78 is 6.21. The summed E-state index contributed by atoms with van der Waals surface area (Å²) in [6.07, 6.45) is 1.89. The molecule has 0 spiro atoms. The molecule has 92 valence electrons. The monoisotopic (exact) mass is 244 g/mol. The van der Waals surface area contributed by atoms with Crippen LogP contribution in [0.5, 0.6) is 5.75 Å². The first kappa shape index (κ1) is 12.0.